The minimum Gasteiger partial charge on any atom is -0.387 e. The Morgan fingerprint density at radius 3 is 2.58 bits per heavy atom. The summed E-state index contributed by atoms with van der Waals surface area (Å²) in [6.07, 6.45) is -0.400. The fourth-order valence-corrected chi connectivity index (χ4v) is 2.66. The van der Waals surface area contributed by atoms with E-state index in [4.69, 9.17) is 0 Å². The van der Waals surface area contributed by atoms with Crippen LogP contribution in [0.4, 0.5) is 0 Å². The lowest BCUT2D eigenvalue weighted by Crippen LogP contribution is -2.44. The van der Waals surface area contributed by atoms with Crippen LogP contribution in [0.1, 0.15) is 11.7 Å². The van der Waals surface area contributed by atoms with Crippen LogP contribution in [-0.2, 0) is 0 Å². The summed E-state index contributed by atoms with van der Waals surface area (Å²) in [6, 6.07) is 14.5. The van der Waals surface area contributed by atoms with E-state index >= 15 is 0 Å². The number of aliphatic hydroxyl groups is 1. The van der Waals surface area contributed by atoms with Gasteiger partial charge < -0.3 is 10.4 Å². The molecule has 0 amide bonds. The van der Waals surface area contributed by atoms with E-state index in [2.05, 4.69) is 34.5 Å². The van der Waals surface area contributed by atoms with E-state index in [1.54, 1.807) is 0 Å². The number of β-amino-alcohol motifs (C(OH)–C–C–N with tert-alkyl or cyclic N) is 1. The molecule has 1 atom stereocenters. The Morgan fingerprint density at radius 2 is 1.79 bits per heavy atom. The first kappa shape index (κ1) is 12.6. The lowest BCUT2D eigenvalue weighted by Gasteiger charge is -2.29. The minimum absolute atomic E-state index is 0.400. The molecule has 0 aliphatic carbocycles. The molecule has 0 spiro atoms. The van der Waals surface area contributed by atoms with Crippen LogP contribution in [0.25, 0.3) is 10.8 Å². The van der Waals surface area contributed by atoms with E-state index in [0.717, 1.165) is 38.3 Å². The second-order valence-electron chi connectivity index (χ2n) is 5.17. The topological polar surface area (TPSA) is 35.5 Å². The van der Waals surface area contributed by atoms with Crippen LogP contribution < -0.4 is 5.32 Å². The Morgan fingerprint density at radius 1 is 1.05 bits per heavy atom. The van der Waals surface area contributed by atoms with Crippen molar-refractivity contribution in [1.82, 2.24) is 10.2 Å². The van der Waals surface area contributed by atoms with Gasteiger partial charge in [-0.2, -0.15) is 0 Å². The number of benzene rings is 2. The summed E-state index contributed by atoms with van der Waals surface area (Å²) in [7, 11) is 0. The van der Waals surface area contributed by atoms with Crippen molar-refractivity contribution in [2.45, 2.75) is 6.10 Å². The molecule has 3 rings (SSSR count). The molecule has 1 aliphatic rings. The highest BCUT2D eigenvalue weighted by atomic mass is 16.3. The van der Waals surface area contributed by atoms with E-state index in [-0.39, 0.29) is 0 Å². The SMILES string of the molecule is OC(CN1CCNCC1)c1ccc2ccccc2c1. The number of fused-ring (bicyclic) bond motifs is 1. The quantitative estimate of drug-likeness (QED) is 0.878. The zero-order chi connectivity index (χ0) is 13.1. The second-order valence-corrected chi connectivity index (χ2v) is 5.17. The average molecular weight is 256 g/mol. The predicted octanol–water partition coefficient (Wildman–Crippen LogP) is 1.78. The third-order valence-corrected chi connectivity index (χ3v) is 3.80. The third kappa shape index (κ3) is 2.95. The highest BCUT2D eigenvalue weighted by Gasteiger charge is 2.15. The first-order valence-corrected chi connectivity index (χ1v) is 6.93. The summed E-state index contributed by atoms with van der Waals surface area (Å²) in [5.74, 6) is 0. The van der Waals surface area contributed by atoms with E-state index in [1.165, 1.54) is 10.8 Å². The van der Waals surface area contributed by atoms with Gasteiger partial charge in [-0.25, -0.2) is 0 Å². The maximum Gasteiger partial charge on any atom is 0.0917 e. The van der Waals surface area contributed by atoms with Gasteiger partial charge in [0.05, 0.1) is 6.10 Å². The summed E-state index contributed by atoms with van der Waals surface area (Å²) in [5, 5.41) is 16.1. The molecule has 100 valence electrons. The molecule has 1 heterocycles. The molecule has 0 saturated carbocycles. The molecule has 0 aromatic heterocycles. The molecule has 2 N–H and O–H groups in total. The van der Waals surface area contributed by atoms with Crippen molar-refractivity contribution in [2.75, 3.05) is 32.7 Å². The molecule has 19 heavy (non-hydrogen) atoms. The Bertz CT molecular complexity index is 549. The number of rotatable bonds is 3. The highest BCUT2D eigenvalue weighted by molar-refractivity contribution is 5.83. The van der Waals surface area contributed by atoms with Gasteiger partial charge in [0.2, 0.25) is 0 Å². The zero-order valence-corrected chi connectivity index (χ0v) is 11.0. The summed E-state index contributed by atoms with van der Waals surface area (Å²) >= 11 is 0. The van der Waals surface area contributed by atoms with Crippen molar-refractivity contribution in [1.29, 1.82) is 0 Å². The van der Waals surface area contributed by atoms with Gasteiger partial charge in [0.15, 0.2) is 0 Å². The Kier molecular flexibility index (Phi) is 3.78. The van der Waals surface area contributed by atoms with Crippen LogP contribution >= 0.6 is 0 Å². The first-order valence-electron chi connectivity index (χ1n) is 6.93. The normalized spacial score (nSPS) is 18.6. The van der Waals surface area contributed by atoms with Gasteiger partial charge in [0.1, 0.15) is 0 Å². The molecular formula is C16H20N2O. The number of piperazine rings is 1. The third-order valence-electron chi connectivity index (χ3n) is 3.80. The molecule has 2 aromatic rings. The molecule has 1 unspecified atom stereocenters. The maximum absolute atomic E-state index is 10.4. The predicted molar refractivity (Wildman–Crippen MR) is 78.2 cm³/mol. The number of aliphatic hydroxyl groups excluding tert-OH is 1. The van der Waals surface area contributed by atoms with Crippen molar-refractivity contribution in [3.05, 3.63) is 48.0 Å². The van der Waals surface area contributed by atoms with Crippen molar-refractivity contribution < 1.29 is 5.11 Å². The van der Waals surface area contributed by atoms with Crippen LogP contribution in [0.3, 0.4) is 0 Å². The first-order chi connectivity index (χ1) is 9.33. The van der Waals surface area contributed by atoms with Crippen LogP contribution in [-0.4, -0.2) is 42.7 Å². The number of hydrogen-bond acceptors (Lipinski definition) is 3. The van der Waals surface area contributed by atoms with Crippen LogP contribution in [0, 0.1) is 0 Å². The number of hydrogen-bond donors (Lipinski definition) is 2. The average Bonchev–Trinajstić information content (AvgIpc) is 2.48. The van der Waals surface area contributed by atoms with Crippen molar-refractivity contribution in [2.24, 2.45) is 0 Å². The van der Waals surface area contributed by atoms with E-state index in [9.17, 15) is 5.11 Å². The number of nitrogens with zero attached hydrogens (tertiary/aromatic N) is 1. The van der Waals surface area contributed by atoms with Crippen LogP contribution in [0.5, 0.6) is 0 Å². The molecular weight excluding hydrogens is 236 g/mol. The summed E-state index contributed by atoms with van der Waals surface area (Å²) in [5.41, 5.74) is 1.01. The minimum atomic E-state index is -0.400. The van der Waals surface area contributed by atoms with Gasteiger partial charge >= 0.3 is 0 Å². The monoisotopic (exact) mass is 256 g/mol. The largest absolute Gasteiger partial charge is 0.387 e. The second kappa shape index (κ2) is 5.70. The van der Waals surface area contributed by atoms with Gasteiger partial charge in [0, 0.05) is 32.7 Å². The van der Waals surface area contributed by atoms with Gasteiger partial charge in [0.25, 0.3) is 0 Å². The molecule has 2 aromatic carbocycles. The fourth-order valence-electron chi connectivity index (χ4n) is 2.66. The van der Waals surface area contributed by atoms with Crippen LogP contribution in [0.2, 0.25) is 0 Å². The lowest BCUT2D eigenvalue weighted by atomic mass is 10.0. The highest BCUT2D eigenvalue weighted by Crippen LogP contribution is 2.21. The molecule has 1 fully saturated rings. The zero-order valence-electron chi connectivity index (χ0n) is 11.0. The molecule has 3 heteroatoms. The Labute approximate surface area is 113 Å². The van der Waals surface area contributed by atoms with E-state index in [1.807, 2.05) is 18.2 Å². The standard InChI is InChI=1S/C16H20N2O/c19-16(12-18-9-7-17-8-10-18)15-6-5-13-3-1-2-4-14(13)11-15/h1-6,11,16-17,19H,7-10,12H2. The van der Waals surface area contributed by atoms with Crippen molar-refractivity contribution in [3.8, 4) is 0 Å². The van der Waals surface area contributed by atoms with E-state index in [0.29, 0.717) is 0 Å². The summed E-state index contributed by atoms with van der Waals surface area (Å²) < 4.78 is 0. The Balaban J connectivity index is 1.75. The van der Waals surface area contributed by atoms with Gasteiger partial charge in [-0.05, 0) is 22.4 Å². The van der Waals surface area contributed by atoms with Crippen molar-refractivity contribution >= 4 is 10.8 Å². The maximum atomic E-state index is 10.4. The van der Waals surface area contributed by atoms with Gasteiger partial charge in [-0.3, -0.25) is 4.90 Å². The lowest BCUT2D eigenvalue weighted by molar-refractivity contribution is 0.106. The van der Waals surface area contributed by atoms with Gasteiger partial charge in [-0.15, -0.1) is 0 Å². The fraction of sp³-hybridized carbons (Fsp3) is 0.375. The van der Waals surface area contributed by atoms with Gasteiger partial charge in [-0.1, -0.05) is 36.4 Å². The summed E-state index contributed by atoms with van der Waals surface area (Å²) in [4.78, 5) is 2.32. The smallest absolute Gasteiger partial charge is 0.0917 e. The Hall–Kier alpha value is -1.42. The van der Waals surface area contributed by atoms with E-state index < -0.39 is 6.10 Å². The summed E-state index contributed by atoms with van der Waals surface area (Å²) in [6.45, 7) is 4.80. The molecule has 1 aliphatic heterocycles. The van der Waals surface area contributed by atoms with Crippen LogP contribution in [0.15, 0.2) is 42.5 Å². The molecule has 3 nitrogen and oxygen atoms in total. The molecule has 1 saturated heterocycles. The molecule has 0 bridgehead atoms. The molecule has 0 radical (unpaired) electrons. The van der Waals surface area contributed by atoms with Crippen molar-refractivity contribution in [3.63, 3.8) is 0 Å². The number of nitrogens with one attached hydrogen (secondary N) is 1.